The third-order valence-corrected chi connectivity index (χ3v) is 4.32. The van der Waals surface area contributed by atoms with Crippen LogP contribution in [0.2, 0.25) is 0 Å². The lowest BCUT2D eigenvalue weighted by Gasteiger charge is -2.32. The Morgan fingerprint density at radius 3 is 2.47 bits per heavy atom. The molecular weight excluding hydrogens is 236 g/mol. The number of rotatable bonds is 5. The summed E-state index contributed by atoms with van der Waals surface area (Å²) in [7, 11) is 0. The zero-order valence-electron chi connectivity index (χ0n) is 11.5. The van der Waals surface area contributed by atoms with E-state index in [1.54, 1.807) is 0 Å². The topological polar surface area (TPSA) is 56.0 Å². The van der Waals surface area contributed by atoms with Gasteiger partial charge in [-0.3, -0.25) is 5.32 Å². The van der Waals surface area contributed by atoms with Crippen molar-refractivity contribution in [3.05, 3.63) is 35.9 Å². The molecule has 1 aliphatic carbocycles. The number of aliphatic hydroxyl groups excluding tert-OH is 1. The van der Waals surface area contributed by atoms with E-state index in [9.17, 15) is 10.4 Å². The first kappa shape index (κ1) is 14.0. The third-order valence-electron chi connectivity index (χ3n) is 4.32. The number of hydrogen-bond acceptors (Lipinski definition) is 3. The summed E-state index contributed by atoms with van der Waals surface area (Å²) < 4.78 is 0. The number of benzene rings is 1. The average molecular weight is 258 g/mol. The molecule has 1 aromatic rings. The van der Waals surface area contributed by atoms with Crippen molar-refractivity contribution in [3.8, 4) is 6.07 Å². The van der Waals surface area contributed by atoms with E-state index in [1.165, 1.54) is 12.8 Å². The van der Waals surface area contributed by atoms with Crippen LogP contribution in [0.1, 0.15) is 44.2 Å². The minimum atomic E-state index is -0.202. The van der Waals surface area contributed by atoms with Gasteiger partial charge in [-0.1, -0.05) is 50.1 Å². The Labute approximate surface area is 115 Å². The highest BCUT2D eigenvalue weighted by molar-refractivity contribution is 5.20. The fraction of sp³-hybridized carbons (Fsp3) is 0.562. The second-order valence-electron chi connectivity index (χ2n) is 5.74. The Kier molecular flexibility index (Phi) is 4.57. The lowest BCUT2D eigenvalue weighted by Crippen LogP contribution is -2.44. The molecule has 2 N–H and O–H groups in total. The maximum atomic E-state index is 9.58. The molecule has 102 valence electrons. The molecule has 3 nitrogen and oxygen atoms in total. The number of nitrogens with one attached hydrogen (secondary N) is 1. The minimum absolute atomic E-state index is 0.0122. The predicted octanol–water partition coefficient (Wildman–Crippen LogP) is 2.78. The first-order chi connectivity index (χ1) is 9.19. The standard InChI is InChI=1S/C16H22N2O/c1-16(9-5-6-10-16)15(11-17)18-14(12-19)13-7-3-2-4-8-13/h2-4,7-8,14-15,18-19H,5-6,9-10,12H2,1H3/t14-,15+/m0/s1. The number of nitriles is 1. The number of aliphatic hydroxyl groups is 1. The molecule has 0 radical (unpaired) electrons. The van der Waals surface area contributed by atoms with Crippen molar-refractivity contribution in [2.75, 3.05) is 6.61 Å². The van der Waals surface area contributed by atoms with E-state index in [-0.39, 0.29) is 24.1 Å². The van der Waals surface area contributed by atoms with Gasteiger partial charge in [-0.15, -0.1) is 0 Å². The largest absolute Gasteiger partial charge is 0.394 e. The van der Waals surface area contributed by atoms with E-state index in [0.717, 1.165) is 18.4 Å². The smallest absolute Gasteiger partial charge is 0.101 e. The van der Waals surface area contributed by atoms with Gasteiger partial charge in [0.1, 0.15) is 6.04 Å². The predicted molar refractivity (Wildman–Crippen MR) is 75.4 cm³/mol. The van der Waals surface area contributed by atoms with Crippen LogP contribution in [0, 0.1) is 16.7 Å². The van der Waals surface area contributed by atoms with Crippen molar-refractivity contribution in [2.24, 2.45) is 5.41 Å². The summed E-state index contributed by atoms with van der Waals surface area (Å²) in [4.78, 5) is 0. The van der Waals surface area contributed by atoms with Gasteiger partial charge in [-0.05, 0) is 23.8 Å². The summed E-state index contributed by atoms with van der Waals surface area (Å²) in [6.45, 7) is 2.19. The molecule has 0 aliphatic heterocycles. The second-order valence-corrected chi connectivity index (χ2v) is 5.74. The van der Waals surface area contributed by atoms with E-state index < -0.39 is 0 Å². The molecule has 19 heavy (non-hydrogen) atoms. The summed E-state index contributed by atoms with van der Waals surface area (Å²) in [5.74, 6) is 0. The molecule has 3 heteroatoms. The fourth-order valence-electron chi connectivity index (χ4n) is 3.01. The van der Waals surface area contributed by atoms with Gasteiger partial charge in [0.15, 0.2) is 0 Å². The second kappa shape index (κ2) is 6.18. The van der Waals surface area contributed by atoms with Crippen LogP contribution in [0.25, 0.3) is 0 Å². The molecule has 0 amide bonds. The number of hydrogen-bond donors (Lipinski definition) is 2. The van der Waals surface area contributed by atoms with Crippen LogP contribution < -0.4 is 5.32 Å². The van der Waals surface area contributed by atoms with Crippen LogP contribution in [0.5, 0.6) is 0 Å². The van der Waals surface area contributed by atoms with Crippen LogP contribution in [0.15, 0.2) is 30.3 Å². The van der Waals surface area contributed by atoms with Crippen LogP contribution in [-0.2, 0) is 0 Å². The first-order valence-electron chi connectivity index (χ1n) is 7.01. The van der Waals surface area contributed by atoms with Crippen molar-refractivity contribution in [1.29, 1.82) is 5.26 Å². The molecule has 0 spiro atoms. The molecule has 1 fully saturated rings. The van der Waals surface area contributed by atoms with Gasteiger partial charge in [0.05, 0.1) is 18.7 Å². The average Bonchev–Trinajstić information content (AvgIpc) is 2.89. The van der Waals surface area contributed by atoms with Gasteiger partial charge in [0, 0.05) is 0 Å². The maximum absolute atomic E-state index is 9.58. The third kappa shape index (κ3) is 3.15. The summed E-state index contributed by atoms with van der Waals surface area (Å²) in [5.41, 5.74) is 1.07. The molecule has 0 aromatic heterocycles. The quantitative estimate of drug-likeness (QED) is 0.854. The van der Waals surface area contributed by atoms with Crippen molar-refractivity contribution in [2.45, 2.75) is 44.7 Å². The molecular formula is C16H22N2O. The van der Waals surface area contributed by atoms with E-state index in [1.807, 2.05) is 30.3 Å². The van der Waals surface area contributed by atoms with Gasteiger partial charge >= 0.3 is 0 Å². The van der Waals surface area contributed by atoms with Crippen molar-refractivity contribution >= 4 is 0 Å². The lowest BCUT2D eigenvalue weighted by atomic mass is 9.80. The van der Waals surface area contributed by atoms with Gasteiger partial charge in [-0.2, -0.15) is 5.26 Å². The maximum Gasteiger partial charge on any atom is 0.101 e. The van der Waals surface area contributed by atoms with Gasteiger partial charge in [0.2, 0.25) is 0 Å². The van der Waals surface area contributed by atoms with E-state index in [0.29, 0.717) is 0 Å². The molecule has 0 unspecified atom stereocenters. The molecule has 1 saturated carbocycles. The Morgan fingerprint density at radius 2 is 1.95 bits per heavy atom. The fourth-order valence-corrected chi connectivity index (χ4v) is 3.01. The summed E-state index contributed by atoms with van der Waals surface area (Å²) in [6, 6.07) is 11.9. The zero-order valence-corrected chi connectivity index (χ0v) is 11.5. The Bertz CT molecular complexity index is 432. The normalized spacial score (nSPS) is 20.7. The molecule has 2 atom stereocenters. The van der Waals surface area contributed by atoms with Gasteiger partial charge in [-0.25, -0.2) is 0 Å². The monoisotopic (exact) mass is 258 g/mol. The minimum Gasteiger partial charge on any atom is -0.394 e. The molecule has 2 rings (SSSR count). The molecule has 0 bridgehead atoms. The summed E-state index contributed by atoms with van der Waals surface area (Å²) in [6.07, 6.45) is 4.58. The van der Waals surface area contributed by atoms with Crippen LogP contribution in [0.3, 0.4) is 0 Å². The first-order valence-corrected chi connectivity index (χ1v) is 7.01. The lowest BCUT2D eigenvalue weighted by molar-refractivity contribution is 0.195. The Balaban J connectivity index is 2.11. The van der Waals surface area contributed by atoms with Crippen molar-refractivity contribution in [1.82, 2.24) is 5.32 Å². The van der Waals surface area contributed by atoms with Gasteiger partial charge < -0.3 is 5.11 Å². The Morgan fingerprint density at radius 1 is 1.32 bits per heavy atom. The highest BCUT2D eigenvalue weighted by atomic mass is 16.3. The van der Waals surface area contributed by atoms with Crippen molar-refractivity contribution in [3.63, 3.8) is 0 Å². The molecule has 1 aliphatic rings. The zero-order chi connectivity index (χ0) is 13.7. The highest BCUT2D eigenvalue weighted by Gasteiger charge is 2.38. The Hall–Kier alpha value is -1.37. The summed E-state index contributed by atoms with van der Waals surface area (Å²) in [5, 5.41) is 22.4. The van der Waals surface area contributed by atoms with E-state index in [2.05, 4.69) is 18.3 Å². The van der Waals surface area contributed by atoms with Crippen LogP contribution in [0.4, 0.5) is 0 Å². The van der Waals surface area contributed by atoms with E-state index in [4.69, 9.17) is 0 Å². The van der Waals surface area contributed by atoms with Crippen molar-refractivity contribution < 1.29 is 5.11 Å². The number of nitrogens with zero attached hydrogens (tertiary/aromatic N) is 1. The molecule has 0 saturated heterocycles. The molecule has 0 heterocycles. The van der Waals surface area contributed by atoms with Crippen LogP contribution >= 0.6 is 0 Å². The summed E-state index contributed by atoms with van der Waals surface area (Å²) >= 11 is 0. The molecule has 1 aromatic carbocycles. The van der Waals surface area contributed by atoms with Crippen LogP contribution in [-0.4, -0.2) is 17.8 Å². The van der Waals surface area contributed by atoms with E-state index >= 15 is 0 Å². The van der Waals surface area contributed by atoms with Gasteiger partial charge in [0.25, 0.3) is 0 Å². The SMILES string of the molecule is CC1([C@@H](C#N)N[C@@H](CO)c2ccccc2)CCCC1. The highest BCUT2D eigenvalue weighted by Crippen LogP contribution is 2.41.